The maximum atomic E-state index is 12.2. The smallest absolute Gasteiger partial charge is 0.341 e. The molecule has 0 radical (unpaired) electrons. The number of aliphatic hydroxyl groups is 1. The first-order chi connectivity index (χ1) is 18.2. The fraction of sp³-hybridized carbons (Fsp3) is 0.680. The first kappa shape index (κ1) is 32.5. The van der Waals surface area contributed by atoms with Gasteiger partial charge in [-0.25, -0.2) is 0 Å². The molecule has 2 unspecified atom stereocenters. The van der Waals surface area contributed by atoms with Crippen molar-refractivity contribution in [2.45, 2.75) is 12.7 Å². The van der Waals surface area contributed by atoms with Gasteiger partial charge in [0.25, 0.3) is 0 Å². The summed E-state index contributed by atoms with van der Waals surface area (Å²) < 4.78 is 27.6. The molecule has 2 N–H and O–H groups in total. The van der Waals surface area contributed by atoms with Gasteiger partial charge in [0.2, 0.25) is 0 Å². The highest BCUT2D eigenvalue weighted by atomic mass is 31.2. The van der Waals surface area contributed by atoms with Gasteiger partial charge in [-0.1, -0.05) is 30.3 Å². The van der Waals surface area contributed by atoms with Gasteiger partial charge in [-0.2, -0.15) is 0 Å². The quantitative estimate of drug-likeness (QED) is 0.191. The number of aliphatic hydroxyl groups excluding tert-OH is 1. The van der Waals surface area contributed by atoms with Gasteiger partial charge in [0.1, 0.15) is 12.6 Å². The van der Waals surface area contributed by atoms with Crippen molar-refractivity contribution in [2.24, 2.45) is 0 Å². The molecule has 0 spiro atoms. The van der Waals surface area contributed by atoms with E-state index < -0.39 is 13.7 Å². The van der Waals surface area contributed by atoms with Crippen LogP contribution in [-0.2, 0) is 34.8 Å². The van der Waals surface area contributed by atoms with E-state index in [1.807, 2.05) is 45.0 Å². The molecule has 2 atom stereocenters. The van der Waals surface area contributed by atoms with E-state index in [2.05, 4.69) is 4.90 Å². The molecule has 1 aliphatic rings. The van der Waals surface area contributed by atoms with E-state index in [9.17, 15) is 24.2 Å². The molecule has 1 saturated heterocycles. The van der Waals surface area contributed by atoms with Crippen molar-refractivity contribution >= 4 is 19.9 Å². The van der Waals surface area contributed by atoms with E-state index >= 15 is 0 Å². The highest BCUT2D eigenvalue weighted by molar-refractivity contribution is 7.52. The highest BCUT2D eigenvalue weighted by Gasteiger charge is 2.25. The molecule has 216 valence electrons. The standard InChI is InChI=1S/C25H43N4O8P/c1-35-25(32)19-28-12-11-27(18-24(31)21-37-20-23-6-4-3-5-7-23)10-8-26(16-17-30)9-14-29(15-13-28)22-38(33,34)36-2/h3-7,17,24,31H,8-16,18-22H2,1-2H3,(H,33,34). The lowest BCUT2D eigenvalue weighted by molar-refractivity contribution is -0.142. The molecular formula is C25H43N4O8P. The van der Waals surface area contributed by atoms with E-state index in [0.717, 1.165) is 11.8 Å². The van der Waals surface area contributed by atoms with Crippen LogP contribution in [0.1, 0.15) is 5.56 Å². The van der Waals surface area contributed by atoms with Gasteiger partial charge in [0.05, 0.1) is 39.5 Å². The Balaban J connectivity index is 2.04. The van der Waals surface area contributed by atoms with Crippen LogP contribution in [0.5, 0.6) is 0 Å². The highest BCUT2D eigenvalue weighted by Crippen LogP contribution is 2.41. The van der Waals surface area contributed by atoms with E-state index in [1.54, 1.807) is 0 Å². The summed E-state index contributed by atoms with van der Waals surface area (Å²) in [6, 6.07) is 9.76. The van der Waals surface area contributed by atoms with Crippen LogP contribution < -0.4 is 0 Å². The summed E-state index contributed by atoms with van der Waals surface area (Å²) in [4.78, 5) is 41.2. The molecule has 12 nitrogen and oxygen atoms in total. The second-order valence-corrected chi connectivity index (χ2v) is 11.3. The number of rotatable bonds is 13. The first-order valence-corrected chi connectivity index (χ1v) is 14.6. The Hall–Kier alpha value is -1.73. The Labute approximate surface area is 225 Å². The molecule has 0 aromatic heterocycles. The van der Waals surface area contributed by atoms with E-state index in [-0.39, 0.29) is 32.0 Å². The lowest BCUT2D eigenvalue weighted by Gasteiger charge is -2.34. The van der Waals surface area contributed by atoms with E-state index in [1.165, 1.54) is 14.2 Å². The number of nitrogens with zero attached hydrogens (tertiary/aromatic N) is 4. The summed E-state index contributed by atoms with van der Waals surface area (Å²) in [5, 5.41) is 10.7. The Bertz CT molecular complexity index is 865. The van der Waals surface area contributed by atoms with Gasteiger partial charge in [-0.05, 0) is 5.56 Å². The number of methoxy groups -OCH3 is 1. The maximum Gasteiger partial charge on any atom is 0.341 e. The zero-order chi connectivity index (χ0) is 27.8. The molecule has 0 bridgehead atoms. The van der Waals surface area contributed by atoms with E-state index in [0.29, 0.717) is 65.5 Å². The molecule has 0 amide bonds. The third kappa shape index (κ3) is 13.4. The summed E-state index contributed by atoms with van der Waals surface area (Å²) in [5.74, 6) is -0.369. The molecule has 38 heavy (non-hydrogen) atoms. The number of β-amino-alcohol motifs (C(OH)–C–C–N with tert-alkyl or cyclic N) is 1. The number of carbonyl (C=O) groups is 2. The number of ether oxygens (including phenoxy) is 2. The molecule has 13 heteroatoms. The SMILES string of the molecule is COC(=O)CN1CCN(CC(O)COCc2ccccc2)CCN(CC=O)CCN(CP(=O)(O)OC)CC1. The number of carbonyl (C=O) groups excluding carboxylic acids is 2. The minimum Gasteiger partial charge on any atom is -0.468 e. The predicted molar refractivity (Wildman–Crippen MR) is 143 cm³/mol. The van der Waals surface area contributed by atoms with Crippen molar-refractivity contribution < 1.29 is 38.2 Å². The lowest BCUT2D eigenvalue weighted by Crippen LogP contribution is -2.48. The molecule has 1 fully saturated rings. The van der Waals surface area contributed by atoms with Crippen LogP contribution >= 0.6 is 7.60 Å². The fourth-order valence-corrected chi connectivity index (χ4v) is 5.05. The van der Waals surface area contributed by atoms with Crippen molar-refractivity contribution in [3.05, 3.63) is 35.9 Å². The number of aldehydes is 1. The van der Waals surface area contributed by atoms with Crippen LogP contribution in [0.3, 0.4) is 0 Å². The molecule has 2 rings (SSSR count). The minimum atomic E-state index is -3.78. The topological polar surface area (TPSA) is 132 Å². The maximum absolute atomic E-state index is 12.2. The number of esters is 1. The number of benzene rings is 1. The van der Waals surface area contributed by atoms with Gasteiger partial charge >= 0.3 is 13.6 Å². The predicted octanol–water partition coefficient (Wildman–Crippen LogP) is -0.0531. The molecule has 1 aromatic rings. The Morgan fingerprint density at radius 3 is 2.13 bits per heavy atom. The first-order valence-electron chi connectivity index (χ1n) is 12.8. The largest absolute Gasteiger partial charge is 0.468 e. The second kappa shape index (κ2) is 17.8. The van der Waals surface area contributed by atoms with Crippen molar-refractivity contribution in [1.29, 1.82) is 0 Å². The van der Waals surface area contributed by atoms with Crippen molar-refractivity contribution in [3.63, 3.8) is 0 Å². The average molecular weight is 559 g/mol. The average Bonchev–Trinajstić information content (AvgIpc) is 2.90. The van der Waals surface area contributed by atoms with Crippen LogP contribution in [0.4, 0.5) is 0 Å². The van der Waals surface area contributed by atoms with Gasteiger partial charge in [0.15, 0.2) is 0 Å². The van der Waals surface area contributed by atoms with Crippen LogP contribution in [0.2, 0.25) is 0 Å². The zero-order valence-corrected chi connectivity index (χ0v) is 23.4. The molecule has 1 aliphatic heterocycles. The van der Waals surface area contributed by atoms with Crippen LogP contribution in [0.15, 0.2) is 30.3 Å². The van der Waals surface area contributed by atoms with Gasteiger partial charge < -0.3 is 28.8 Å². The molecular weight excluding hydrogens is 515 g/mol. The third-order valence-corrected chi connectivity index (χ3v) is 7.73. The van der Waals surface area contributed by atoms with Gasteiger partial charge in [-0.3, -0.25) is 29.0 Å². The normalized spacial score (nSPS) is 20.1. The summed E-state index contributed by atoms with van der Waals surface area (Å²) in [6.45, 7) is 5.40. The van der Waals surface area contributed by atoms with Crippen LogP contribution in [0.25, 0.3) is 0 Å². The fourth-order valence-electron chi connectivity index (χ4n) is 4.14. The molecule has 1 aromatic carbocycles. The second-order valence-electron chi connectivity index (χ2n) is 9.35. The van der Waals surface area contributed by atoms with Crippen LogP contribution in [0, 0.1) is 0 Å². The van der Waals surface area contributed by atoms with Crippen LogP contribution in [-0.4, -0.2) is 147 Å². The Morgan fingerprint density at radius 1 is 0.974 bits per heavy atom. The van der Waals surface area contributed by atoms with Gasteiger partial charge in [0, 0.05) is 66.0 Å². The summed E-state index contributed by atoms with van der Waals surface area (Å²) >= 11 is 0. The zero-order valence-electron chi connectivity index (χ0n) is 22.5. The summed E-state index contributed by atoms with van der Waals surface area (Å²) in [6.07, 6.45) is -0.00794. The number of hydrogen-bond acceptors (Lipinski definition) is 11. The summed E-state index contributed by atoms with van der Waals surface area (Å²) in [7, 11) is -1.24. The van der Waals surface area contributed by atoms with Crippen molar-refractivity contribution in [2.75, 3.05) is 99.1 Å². The molecule has 0 saturated carbocycles. The Kier molecular flexibility index (Phi) is 15.2. The molecule has 1 heterocycles. The Morgan fingerprint density at radius 2 is 1.55 bits per heavy atom. The monoisotopic (exact) mass is 558 g/mol. The minimum absolute atomic E-state index is 0.0826. The number of hydrogen-bond donors (Lipinski definition) is 2. The van der Waals surface area contributed by atoms with Crippen molar-refractivity contribution in [1.82, 2.24) is 19.6 Å². The van der Waals surface area contributed by atoms with Gasteiger partial charge in [-0.15, -0.1) is 0 Å². The van der Waals surface area contributed by atoms with Crippen molar-refractivity contribution in [3.8, 4) is 0 Å². The molecule has 0 aliphatic carbocycles. The van der Waals surface area contributed by atoms with E-state index in [4.69, 9.17) is 14.0 Å². The summed E-state index contributed by atoms with van der Waals surface area (Å²) in [5.41, 5.74) is 1.03. The lowest BCUT2D eigenvalue weighted by atomic mass is 10.2. The third-order valence-electron chi connectivity index (χ3n) is 6.40.